The first-order valence-electron chi connectivity index (χ1n) is 4.49. The van der Waals surface area contributed by atoms with E-state index >= 15 is 0 Å². The van der Waals surface area contributed by atoms with Crippen molar-refractivity contribution >= 4 is 17.2 Å². The predicted molar refractivity (Wildman–Crippen MR) is 60.6 cm³/mol. The summed E-state index contributed by atoms with van der Waals surface area (Å²) in [6.45, 7) is 0.766. The van der Waals surface area contributed by atoms with E-state index in [9.17, 15) is 0 Å². The highest BCUT2D eigenvalue weighted by Crippen LogP contribution is 2.09. The van der Waals surface area contributed by atoms with Crippen molar-refractivity contribution in [3.63, 3.8) is 0 Å². The second kappa shape index (κ2) is 4.58. The lowest BCUT2D eigenvalue weighted by molar-refractivity contribution is 1.12. The molecule has 0 amide bonds. The molecule has 1 N–H and O–H groups in total. The van der Waals surface area contributed by atoms with Crippen LogP contribution in [0.3, 0.4) is 0 Å². The molecule has 0 fully saturated rings. The second-order valence-corrected chi connectivity index (χ2v) is 3.81. The summed E-state index contributed by atoms with van der Waals surface area (Å²) < 4.78 is 0. The number of rotatable bonds is 3. The highest BCUT2D eigenvalue weighted by molar-refractivity contribution is 7.07. The average molecular weight is 215 g/mol. The van der Waals surface area contributed by atoms with Crippen molar-refractivity contribution in [2.45, 2.75) is 6.54 Å². The van der Waals surface area contributed by atoms with Gasteiger partial charge in [-0.3, -0.25) is 0 Å². The number of anilines is 1. The molecule has 74 valence electrons. The summed E-state index contributed by atoms with van der Waals surface area (Å²) in [4.78, 5) is 4.12. The molecular formula is C11H9N3S. The first-order chi connectivity index (χ1) is 7.38. The normalized spacial score (nSPS) is 9.53. The molecule has 0 saturated heterocycles. The standard InChI is InChI=1S/C11H9N3S/c12-5-9-1-2-11(13-6-9)14-7-10-3-4-15-8-10/h1-4,6,8H,7H2,(H,13,14). The van der Waals surface area contributed by atoms with Crippen molar-refractivity contribution in [3.8, 4) is 6.07 Å². The number of hydrogen-bond acceptors (Lipinski definition) is 4. The van der Waals surface area contributed by atoms with Crippen LogP contribution in [-0.2, 0) is 6.54 Å². The smallest absolute Gasteiger partial charge is 0.126 e. The van der Waals surface area contributed by atoms with Gasteiger partial charge in [0.1, 0.15) is 11.9 Å². The third-order valence-electron chi connectivity index (χ3n) is 1.95. The maximum atomic E-state index is 8.60. The molecule has 2 aromatic heterocycles. The molecule has 0 radical (unpaired) electrons. The number of hydrogen-bond donors (Lipinski definition) is 1. The van der Waals surface area contributed by atoms with E-state index in [0.29, 0.717) is 5.56 Å². The minimum atomic E-state index is 0.580. The van der Waals surface area contributed by atoms with Gasteiger partial charge in [0.25, 0.3) is 0 Å². The molecule has 0 spiro atoms. The summed E-state index contributed by atoms with van der Waals surface area (Å²) in [5.74, 6) is 0.792. The zero-order chi connectivity index (χ0) is 10.5. The second-order valence-electron chi connectivity index (χ2n) is 3.03. The van der Waals surface area contributed by atoms with Crippen molar-refractivity contribution in [2.24, 2.45) is 0 Å². The molecule has 0 bridgehead atoms. The molecule has 15 heavy (non-hydrogen) atoms. The van der Waals surface area contributed by atoms with Gasteiger partial charge in [0.05, 0.1) is 5.56 Å². The van der Waals surface area contributed by atoms with Crippen LogP contribution in [0.2, 0.25) is 0 Å². The Balaban J connectivity index is 1.97. The molecule has 0 atom stereocenters. The zero-order valence-electron chi connectivity index (χ0n) is 7.97. The van der Waals surface area contributed by atoms with Crippen LogP contribution in [0, 0.1) is 11.3 Å². The van der Waals surface area contributed by atoms with Gasteiger partial charge in [0.15, 0.2) is 0 Å². The maximum Gasteiger partial charge on any atom is 0.126 e. The maximum absolute atomic E-state index is 8.60. The van der Waals surface area contributed by atoms with Crippen LogP contribution < -0.4 is 5.32 Å². The van der Waals surface area contributed by atoms with Crippen molar-refractivity contribution < 1.29 is 0 Å². The van der Waals surface area contributed by atoms with Gasteiger partial charge >= 0.3 is 0 Å². The van der Waals surface area contributed by atoms with Gasteiger partial charge in [-0.2, -0.15) is 16.6 Å². The van der Waals surface area contributed by atoms with Gasteiger partial charge in [0, 0.05) is 12.7 Å². The quantitative estimate of drug-likeness (QED) is 0.856. The fraction of sp³-hybridized carbons (Fsp3) is 0.0909. The molecule has 0 saturated carbocycles. The van der Waals surface area contributed by atoms with Gasteiger partial charge in [-0.1, -0.05) is 0 Å². The Morgan fingerprint density at radius 3 is 2.93 bits per heavy atom. The van der Waals surface area contributed by atoms with E-state index < -0.39 is 0 Å². The summed E-state index contributed by atoms with van der Waals surface area (Å²) in [5, 5.41) is 15.9. The largest absolute Gasteiger partial charge is 0.366 e. The van der Waals surface area contributed by atoms with E-state index in [1.807, 2.05) is 17.5 Å². The van der Waals surface area contributed by atoms with Gasteiger partial charge in [-0.05, 0) is 34.5 Å². The number of aromatic nitrogens is 1. The first-order valence-corrected chi connectivity index (χ1v) is 5.44. The van der Waals surface area contributed by atoms with Crippen LogP contribution in [-0.4, -0.2) is 4.98 Å². The number of nitrogens with zero attached hydrogens (tertiary/aromatic N) is 2. The Bertz CT molecular complexity index is 454. The van der Waals surface area contributed by atoms with E-state index in [0.717, 1.165) is 12.4 Å². The molecule has 4 heteroatoms. The zero-order valence-corrected chi connectivity index (χ0v) is 8.79. The summed E-state index contributed by atoms with van der Waals surface area (Å²) in [6.07, 6.45) is 1.57. The van der Waals surface area contributed by atoms with Gasteiger partial charge < -0.3 is 5.32 Å². The van der Waals surface area contributed by atoms with Crippen LogP contribution in [0.25, 0.3) is 0 Å². The molecule has 2 rings (SSSR count). The Kier molecular flexibility index (Phi) is 2.96. The SMILES string of the molecule is N#Cc1ccc(NCc2ccsc2)nc1. The molecule has 0 aliphatic heterocycles. The Labute approximate surface area is 92.0 Å². The Morgan fingerprint density at radius 2 is 2.33 bits per heavy atom. The van der Waals surface area contributed by atoms with E-state index in [2.05, 4.69) is 21.7 Å². The van der Waals surface area contributed by atoms with Gasteiger partial charge in [-0.15, -0.1) is 0 Å². The Hall–Kier alpha value is -1.86. The lowest BCUT2D eigenvalue weighted by Gasteiger charge is -2.02. The monoisotopic (exact) mass is 215 g/mol. The first kappa shape index (κ1) is 9.69. The Morgan fingerprint density at radius 1 is 1.40 bits per heavy atom. The fourth-order valence-corrected chi connectivity index (χ4v) is 1.82. The molecule has 2 aromatic rings. The van der Waals surface area contributed by atoms with Crippen molar-refractivity contribution in [1.82, 2.24) is 4.98 Å². The molecular weight excluding hydrogens is 206 g/mol. The lowest BCUT2D eigenvalue weighted by atomic mass is 10.3. The van der Waals surface area contributed by atoms with Crippen LogP contribution >= 0.6 is 11.3 Å². The number of nitrogens with one attached hydrogen (secondary N) is 1. The summed E-state index contributed by atoms with van der Waals surface area (Å²) in [5.41, 5.74) is 1.82. The third kappa shape index (κ3) is 2.55. The molecule has 2 heterocycles. The summed E-state index contributed by atoms with van der Waals surface area (Å²) in [7, 11) is 0. The van der Waals surface area contributed by atoms with E-state index in [1.54, 1.807) is 23.6 Å². The van der Waals surface area contributed by atoms with Crippen LogP contribution in [0.4, 0.5) is 5.82 Å². The minimum Gasteiger partial charge on any atom is -0.366 e. The van der Waals surface area contributed by atoms with E-state index in [1.165, 1.54) is 5.56 Å². The fourth-order valence-electron chi connectivity index (χ4n) is 1.15. The predicted octanol–water partition coefficient (Wildman–Crippen LogP) is 2.63. The van der Waals surface area contributed by atoms with Crippen molar-refractivity contribution in [2.75, 3.05) is 5.32 Å². The van der Waals surface area contributed by atoms with Crippen molar-refractivity contribution in [1.29, 1.82) is 5.26 Å². The average Bonchev–Trinajstić information content (AvgIpc) is 2.80. The van der Waals surface area contributed by atoms with Crippen LogP contribution in [0.5, 0.6) is 0 Å². The van der Waals surface area contributed by atoms with Gasteiger partial charge in [0.2, 0.25) is 0 Å². The van der Waals surface area contributed by atoms with E-state index in [-0.39, 0.29) is 0 Å². The third-order valence-corrected chi connectivity index (χ3v) is 2.68. The molecule has 0 unspecified atom stereocenters. The molecule has 0 aliphatic carbocycles. The van der Waals surface area contributed by atoms with E-state index in [4.69, 9.17) is 5.26 Å². The summed E-state index contributed by atoms with van der Waals surface area (Å²) >= 11 is 1.68. The van der Waals surface area contributed by atoms with Crippen molar-refractivity contribution in [3.05, 3.63) is 46.3 Å². The van der Waals surface area contributed by atoms with Crippen LogP contribution in [0.15, 0.2) is 35.2 Å². The molecule has 0 aliphatic rings. The molecule has 3 nitrogen and oxygen atoms in total. The van der Waals surface area contributed by atoms with Crippen LogP contribution in [0.1, 0.15) is 11.1 Å². The summed E-state index contributed by atoms with van der Waals surface area (Å²) in [6, 6.07) is 7.67. The number of nitriles is 1. The minimum absolute atomic E-state index is 0.580. The number of thiophene rings is 1. The number of pyridine rings is 1. The highest BCUT2D eigenvalue weighted by atomic mass is 32.1. The van der Waals surface area contributed by atoms with Gasteiger partial charge in [-0.25, -0.2) is 4.98 Å². The highest BCUT2D eigenvalue weighted by Gasteiger charge is 1.95. The topological polar surface area (TPSA) is 48.7 Å². The molecule has 0 aromatic carbocycles. The lowest BCUT2D eigenvalue weighted by Crippen LogP contribution is -1.99.